The third-order valence-electron chi connectivity index (χ3n) is 3.99. The summed E-state index contributed by atoms with van der Waals surface area (Å²) in [6.07, 6.45) is 20.2. The summed E-state index contributed by atoms with van der Waals surface area (Å²) in [6, 6.07) is 0. The second kappa shape index (κ2) is 28.5. The molecule has 2 N–H and O–H groups in total. The summed E-state index contributed by atoms with van der Waals surface area (Å²) in [4.78, 5) is 10.3. The van der Waals surface area contributed by atoms with E-state index in [-0.39, 0.29) is 44.3 Å². The summed E-state index contributed by atoms with van der Waals surface area (Å²) in [5, 5.41) is 16.1. The van der Waals surface area contributed by atoms with Gasteiger partial charge in [0.15, 0.2) is 0 Å². The molecule has 0 aliphatic rings. The first-order valence-electron chi connectivity index (χ1n) is 10.0. The Balaban J connectivity index is -0.00000102. The number of carboxylic acids is 1. The van der Waals surface area contributed by atoms with E-state index in [2.05, 4.69) is 6.92 Å². The Labute approximate surface area is 181 Å². The molecule has 0 unspecified atom stereocenters. The zero-order valence-corrected chi connectivity index (χ0v) is 15.8. The number of unbranched alkanes of at least 4 members (excludes halogenated alkanes) is 14. The van der Waals surface area contributed by atoms with Gasteiger partial charge in [0.2, 0.25) is 0 Å². The van der Waals surface area contributed by atoms with Crippen molar-refractivity contribution in [3.8, 4) is 0 Å². The molecular weight excluding hydrogens is 328 g/mol. The van der Waals surface area contributed by atoms with Crippen LogP contribution in [-0.4, -0.2) is 60.5 Å². The maximum absolute atomic E-state index is 10.3. The van der Waals surface area contributed by atoms with E-state index in [1.807, 2.05) is 0 Å². The molecule has 0 saturated heterocycles. The topological polar surface area (TPSA) is 57.5 Å². The van der Waals surface area contributed by atoms with E-state index in [9.17, 15) is 4.79 Å². The van der Waals surface area contributed by atoms with Crippen molar-refractivity contribution in [3.63, 3.8) is 0 Å². The number of aliphatic hydroxyl groups excluding tert-OH is 1. The molecule has 0 spiro atoms. The van der Waals surface area contributed by atoms with E-state index in [1.54, 1.807) is 6.92 Å². The first-order chi connectivity index (χ1) is 11.2. The van der Waals surface area contributed by atoms with Gasteiger partial charge in [0.25, 0.3) is 0 Å². The SMILES string of the molecule is CCCCCCCCCCCCCCCCCC(=O)O.CCO.[CaH2]. The quantitative estimate of drug-likeness (QED) is 0.281. The Hall–Kier alpha value is 0.690. The molecule has 0 aliphatic heterocycles. The van der Waals surface area contributed by atoms with Gasteiger partial charge < -0.3 is 10.2 Å². The predicted octanol–water partition coefficient (Wildman–Crippen LogP) is 5.41. The van der Waals surface area contributed by atoms with Crippen molar-refractivity contribution in [1.82, 2.24) is 0 Å². The normalized spacial score (nSPS) is 9.79. The molecule has 0 aromatic carbocycles. The van der Waals surface area contributed by atoms with Crippen LogP contribution in [-0.2, 0) is 4.79 Å². The van der Waals surface area contributed by atoms with E-state index in [0.29, 0.717) is 6.42 Å². The molecule has 0 saturated carbocycles. The predicted molar refractivity (Wildman–Crippen MR) is 108 cm³/mol. The number of rotatable bonds is 16. The molecule has 24 heavy (non-hydrogen) atoms. The van der Waals surface area contributed by atoms with Crippen molar-refractivity contribution >= 4 is 43.7 Å². The Morgan fingerprint density at radius 1 is 0.625 bits per heavy atom. The molecule has 0 bridgehead atoms. The van der Waals surface area contributed by atoms with Crippen LogP contribution in [0.15, 0.2) is 0 Å². The number of aliphatic hydroxyl groups is 1. The summed E-state index contributed by atoms with van der Waals surface area (Å²) >= 11 is 0. The molecule has 144 valence electrons. The molecular formula is C20H44CaO3. The van der Waals surface area contributed by atoms with E-state index >= 15 is 0 Å². The molecule has 0 amide bonds. The van der Waals surface area contributed by atoms with Crippen molar-refractivity contribution in [2.45, 2.75) is 117 Å². The van der Waals surface area contributed by atoms with Gasteiger partial charge in [-0.15, -0.1) is 0 Å². The fourth-order valence-corrected chi connectivity index (χ4v) is 2.65. The van der Waals surface area contributed by atoms with Gasteiger partial charge in [-0.05, 0) is 13.3 Å². The van der Waals surface area contributed by atoms with Crippen molar-refractivity contribution in [2.75, 3.05) is 6.61 Å². The van der Waals surface area contributed by atoms with Crippen LogP contribution in [0.25, 0.3) is 0 Å². The van der Waals surface area contributed by atoms with E-state index < -0.39 is 5.97 Å². The molecule has 0 aliphatic carbocycles. The number of carboxylic acid groups (broad SMARTS) is 1. The molecule has 0 heterocycles. The molecule has 0 fully saturated rings. The van der Waals surface area contributed by atoms with Gasteiger partial charge in [0, 0.05) is 13.0 Å². The van der Waals surface area contributed by atoms with Crippen LogP contribution in [0.5, 0.6) is 0 Å². The molecule has 0 atom stereocenters. The van der Waals surface area contributed by atoms with Crippen molar-refractivity contribution < 1.29 is 15.0 Å². The van der Waals surface area contributed by atoms with Crippen molar-refractivity contribution in [2.24, 2.45) is 0 Å². The summed E-state index contributed by atoms with van der Waals surface area (Å²) in [7, 11) is 0. The Morgan fingerprint density at radius 3 is 1.12 bits per heavy atom. The van der Waals surface area contributed by atoms with E-state index in [0.717, 1.165) is 12.8 Å². The van der Waals surface area contributed by atoms with Gasteiger partial charge in [0.05, 0.1) is 0 Å². The van der Waals surface area contributed by atoms with Crippen LogP contribution < -0.4 is 0 Å². The van der Waals surface area contributed by atoms with Gasteiger partial charge in [-0.2, -0.15) is 0 Å². The zero-order valence-electron chi connectivity index (χ0n) is 15.8. The Kier molecular flexibility index (Phi) is 35.0. The average molecular weight is 373 g/mol. The van der Waals surface area contributed by atoms with Gasteiger partial charge >= 0.3 is 43.7 Å². The number of hydrogen-bond acceptors (Lipinski definition) is 2. The molecule has 3 nitrogen and oxygen atoms in total. The van der Waals surface area contributed by atoms with Crippen LogP contribution in [0, 0.1) is 0 Å². The zero-order chi connectivity index (χ0) is 17.6. The van der Waals surface area contributed by atoms with Crippen LogP contribution >= 0.6 is 0 Å². The maximum atomic E-state index is 10.3. The first-order valence-corrected chi connectivity index (χ1v) is 10.0. The van der Waals surface area contributed by atoms with Crippen LogP contribution in [0.2, 0.25) is 0 Å². The van der Waals surface area contributed by atoms with Crippen molar-refractivity contribution in [1.29, 1.82) is 0 Å². The fourth-order valence-electron chi connectivity index (χ4n) is 2.65. The third kappa shape index (κ3) is 34.1. The number of hydrogen-bond donors (Lipinski definition) is 2. The average Bonchev–Trinajstić information content (AvgIpc) is 2.51. The summed E-state index contributed by atoms with van der Waals surface area (Å²) in [5.74, 6) is -0.653. The molecule has 0 rings (SSSR count). The van der Waals surface area contributed by atoms with Crippen molar-refractivity contribution in [3.05, 3.63) is 0 Å². The summed E-state index contributed by atoms with van der Waals surface area (Å²) < 4.78 is 0. The second-order valence-electron chi connectivity index (χ2n) is 6.41. The van der Waals surface area contributed by atoms with Crippen LogP contribution in [0.1, 0.15) is 117 Å². The third-order valence-corrected chi connectivity index (χ3v) is 3.99. The van der Waals surface area contributed by atoms with Gasteiger partial charge in [-0.1, -0.05) is 96.8 Å². The minimum atomic E-state index is -0.653. The van der Waals surface area contributed by atoms with Gasteiger partial charge in [0.1, 0.15) is 0 Å². The molecule has 0 aromatic heterocycles. The van der Waals surface area contributed by atoms with Gasteiger partial charge in [-0.25, -0.2) is 0 Å². The monoisotopic (exact) mass is 372 g/mol. The van der Waals surface area contributed by atoms with E-state index in [4.69, 9.17) is 10.2 Å². The van der Waals surface area contributed by atoms with E-state index in [1.165, 1.54) is 83.5 Å². The fraction of sp³-hybridized carbons (Fsp3) is 0.950. The first kappa shape index (κ1) is 29.5. The molecule has 4 heteroatoms. The van der Waals surface area contributed by atoms with Gasteiger partial charge in [-0.3, -0.25) is 4.79 Å². The summed E-state index contributed by atoms with van der Waals surface area (Å²) in [6.45, 7) is 4.20. The Bertz CT molecular complexity index is 223. The minimum absolute atomic E-state index is 0. The number of aliphatic carboxylic acids is 1. The Morgan fingerprint density at radius 2 is 0.875 bits per heavy atom. The summed E-state index contributed by atoms with van der Waals surface area (Å²) in [5.41, 5.74) is 0. The van der Waals surface area contributed by atoms with Crippen LogP contribution in [0.4, 0.5) is 0 Å². The standard InChI is InChI=1S/C18H36O2.C2H6O.Ca.2H/c1-2-3-4-5-6-7-8-9-10-11-12-13-14-15-16-17-18(19)20;1-2-3;;;/h2-17H2,1H3,(H,19,20);3H,2H2,1H3;;;. The second-order valence-corrected chi connectivity index (χ2v) is 6.41. The molecule has 0 radical (unpaired) electrons. The molecule has 0 aromatic rings. The van der Waals surface area contributed by atoms with Crippen LogP contribution in [0.3, 0.4) is 0 Å². The number of carbonyl (C=O) groups is 1.